The molecule has 0 aromatic carbocycles. The molecule has 2 heterocycles. The summed E-state index contributed by atoms with van der Waals surface area (Å²) in [7, 11) is 0. The molecule has 0 radical (unpaired) electrons. The van der Waals surface area contributed by atoms with Crippen molar-refractivity contribution in [1.29, 1.82) is 0 Å². The fourth-order valence-electron chi connectivity index (χ4n) is 3.57. The number of carbonyl (C=O) groups is 1. The summed E-state index contributed by atoms with van der Waals surface area (Å²) in [4.78, 5) is 11.4. The van der Waals surface area contributed by atoms with Crippen molar-refractivity contribution >= 4 is 17.5 Å². The summed E-state index contributed by atoms with van der Waals surface area (Å²) < 4.78 is 6.14. The molecule has 1 spiro atoms. The van der Waals surface area contributed by atoms with Crippen LogP contribution in [0.25, 0.3) is 0 Å². The van der Waals surface area contributed by atoms with Crippen molar-refractivity contribution in [3.8, 4) is 0 Å². The van der Waals surface area contributed by atoms with Crippen LogP contribution in [-0.4, -0.2) is 29.5 Å². The molecular weight excluding hydrogens is 244 g/mol. The van der Waals surface area contributed by atoms with Gasteiger partial charge >= 0.3 is 0 Å². The fourth-order valence-corrected chi connectivity index (χ4v) is 4.81. The zero-order chi connectivity index (χ0) is 13.2. The van der Waals surface area contributed by atoms with Crippen molar-refractivity contribution in [3.63, 3.8) is 0 Å². The summed E-state index contributed by atoms with van der Waals surface area (Å²) in [5, 5.41) is 0. The number of rotatable bonds is 3. The third-order valence-electron chi connectivity index (χ3n) is 4.71. The Hall–Kier alpha value is -0.0200. The summed E-state index contributed by atoms with van der Waals surface area (Å²) in [5.41, 5.74) is 0.273. The number of carbonyl (C=O) groups excluding carboxylic acids is 1. The SMILES string of the molecule is CC(=O)CC(C)(C)C1CCOC2(CCSCC2)C1. The molecule has 18 heavy (non-hydrogen) atoms. The molecule has 0 amide bonds. The first-order chi connectivity index (χ1) is 8.44. The maximum Gasteiger partial charge on any atom is 0.130 e. The van der Waals surface area contributed by atoms with Gasteiger partial charge in [0.1, 0.15) is 5.78 Å². The topological polar surface area (TPSA) is 26.3 Å². The lowest BCUT2D eigenvalue weighted by Gasteiger charge is -2.47. The largest absolute Gasteiger partial charge is 0.375 e. The van der Waals surface area contributed by atoms with Gasteiger partial charge in [-0.25, -0.2) is 0 Å². The molecule has 3 heteroatoms. The van der Waals surface area contributed by atoms with E-state index in [4.69, 9.17) is 4.74 Å². The first kappa shape index (κ1) is 14.4. The number of hydrogen-bond acceptors (Lipinski definition) is 3. The summed E-state index contributed by atoms with van der Waals surface area (Å²) in [5.74, 6) is 3.43. The molecule has 2 saturated heterocycles. The average molecular weight is 270 g/mol. The maximum absolute atomic E-state index is 11.4. The van der Waals surface area contributed by atoms with Gasteiger partial charge in [-0.05, 0) is 55.4 Å². The lowest BCUT2D eigenvalue weighted by Crippen LogP contribution is -2.46. The van der Waals surface area contributed by atoms with Gasteiger partial charge in [-0.1, -0.05) is 13.8 Å². The number of ketones is 1. The molecule has 0 saturated carbocycles. The molecule has 0 bridgehead atoms. The van der Waals surface area contributed by atoms with Crippen LogP contribution in [0.5, 0.6) is 0 Å². The lowest BCUT2D eigenvalue weighted by molar-refractivity contribution is -0.130. The normalized spacial score (nSPS) is 28.3. The molecule has 0 aromatic heterocycles. The van der Waals surface area contributed by atoms with E-state index in [1.54, 1.807) is 6.92 Å². The van der Waals surface area contributed by atoms with Gasteiger partial charge in [0.2, 0.25) is 0 Å². The first-order valence-corrected chi connectivity index (χ1v) is 8.30. The number of thioether (sulfide) groups is 1. The molecule has 1 unspecified atom stereocenters. The van der Waals surface area contributed by atoms with Crippen LogP contribution < -0.4 is 0 Å². The van der Waals surface area contributed by atoms with Crippen LogP contribution in [0.1, 0.15) is 52.9 Å². The molecular formula is C15H26O2S. The van der Waals surface area contributed by atoms with E-state index in [0.717, 1.165) is 19.4 Å². The van der Waals surface area contributed by atoms with Gasteiger partial charge in [-0.3, -0.25) is 0 Å². The molecule has 104 valence electrons. The fraction of sp³-hybridized carbons (Fsp3) is 0.933. The van der Waals surface area contributed by atoms with Crippen molar-refractivity contribution in [3.05, 3.63) is 0 Å². The molecule has 2 rings (SSSR count). The minimum absolute atomic E-state index is 0.132. The van der Waals surface area contributed by atoms with E-state index >= 15 is 0 Å². The van der Waals surface area contributed by atoms with Crippen molar-refractivity contribution in [2.45, 2.75) is 58.5 Å². The average Bonchev–Trinajstić information content (AvgIpc) is 2.28. The summed E-state index contributed by atoms with van der Waals surface area (Å²) in [6.45, 7) is 7.12. The molecule has 0 aliphatic carbocycles. The van der Waals surface area contributed by atoms with E-state index in [2.05, 4.69) is 13.8 Å². The molecule has 2 aliphatic heterocycles. The Morgan fingerprint density at radius 2 is 2.06 bits per heavy atom. The first-order valence-electron chi connectivity index (χ1n) is 7.15. The van der Waals surface area contributed by atoms with E-state index in [1.165, 1.54) is 24.3 Å². The second kappa shape index (κ2) is 5.54. The Morgan fingerprint density at radius 3 is 2.67 bits per heavy atom. The maximum atomic E-state index is 11.4. The van der Waals surface area contributed by atoms with Gasteiger partial charge in [0.05, 0.1) is 5.60 Å². The van der Waals surface area contributed by atoms with E-state index in [1.807, 2.05) is 11.8 Å². The number of Topliss-reactive ketones (excluding diaryl/α,β-unsaturated/α-hetero) is 1. The van der Waals surface area contributed by atoms with Crippen LogP contribution in [0.4, 0.5) is 0 Å². The van der Waals surface area contributed by atoms with E-state index in [9.17, 15) is 4.79 Å². The predicted octanol–water partition coefficient (Wildman–Crippen LogP) is 3.68. The Balaban J connectivity index is 2.03. The van der Waals surface area contributed by atoms with Crippen molar-refractivity contribution in [2.75, 3.05) is 18.1 Å². The van der Waals surface area contributed by atoms with Crippen LogP contribution in [0, 0.1) is 11.3 Å². The summed E-state index contributed by atoms with van der Waals surface area (Å²) in [6, 6.07) is 0. The highest BCUT2D eigenvalue weighted by molar-refractivity contribution is 7.99. The van der Waals surface area contributed by atoms with Crippen molar-refractivity contribution in [2.24, 2.45) is 11.3 Å². The zero-order valence-corrected chi connectivity index (χ0v) is 12.8. The summed E-state index contributed by atoms with van der Waals surface area (Å²) >= 11 is 2.05. The Kier molecular flexibility index (Phi) is 4.43. The van der Waals surface area contributed by atoms with Crippen LogP contribution >= 0.6 is 11.8 Å². The van der Waals surface area contributed by atoms with Gasteiger partial charge in [0.25, 0.3) is 0 Å². The van der Waals surface area contributed by atoms with Crippen LogP contribution in [0.15, 0.2) is 0 Å². The quantitative estimate of drug-likeness (QED) is 0.782. The third-order valence-corrected chi connectivity index (χ3v) is 5.69. The molecule has 2 fully saturated rings. The minimum Gasteiger partial charge on any atom is -0.375 e. The minimum atomic E-state index is 0.132. The Morgan fingerprint density at radius 1 is 1.39 bits per heavy atom. The lowest BCUT2D eigenvalue weighted by atomic mass is 9.67. The van der Waals surface area contributed by atoms with E-state index < -0.39 is 0 Å². The van der Waals surface area contributed by atoms with E-state index in [-0.39, 0.29) is 11.0 Å². The van der Waals surface area contributed by atoms with Gasteiger partial charge < -0.3 is 9.53 Å². The predicted molar refractivity (Wildman–Crippen MR) is 77.0 cm³/mol. The molecule has 2 nitrogen and oxygen atoms in total. The molecule has 2 aliphatic rings. The highest BCUT2D eigenvalue weighted by Gasteiger charge is 2.43. The van der Waals surface area contributed by atoms with Crippen molar-refractivity contribution in [1.82, 2.24) is 0 Å². The molecule has 0 N–H and O–H groups in total. The monoisotopic (exact) mass is 270 g/mol. The Labute approximate surface area is 115 Å². The van der Waals surface area contributed by atoms with E-state index in [0.29, 0.717) is 18.1 Å². The van der Waals surface area contributed by atoms with Gasteiger partial charge in [-0.15, -0.1) is 0 Å². The number of hydrogen-bond donors (Lipinski definition) is 0. The Bertz CT molecular complexity index is 300. The van der Waals surface area contributed by atoms with Gasteiger partial charge in [0.15, 0.2) is 0 Å². The highest BCUT2D eigenvalue weighted by atomic mass is 32.2. The highest BCUT2D eigenvalue weighted by Crippen LogP contribution is 2.46. The smallest absolute Gasteiger partial charge is 0.130 e. The molecule has 1 atom stereocenters. The second-order valence-electron chi connectivity index (χ2n) is 6.70. The number of ether oxygens (including phenoxy) is 1. The van der Waals surface area contributed by atoms with Gasteiger partial charge in [-0.2, -0.15) is 11.8 Å². The second-order valence-corrected chi connectivity index (χ2v) is 7.93. The van der Waals surface area contributed by atoms with Crippen LogP contribution in [-0.2, 0) is 9.53 Å². The standard InChI is InChI=1S/C15H26O2S/c1-12(16)10-14(2,3)13-4-7-17-15(11-13)5-8-18-9-6-15/h13H,4-11H2,1-3H3. The van der Waals surface area contributed by atoms with Crippen LogP contribution in [0.3, 0.4) is 0 Å². The van der Waals surface area contributed by atoms with Crippen molar-refractivity contribution < 1.29 is 9.53 Å². The summed E-state index contributed by atoms with van der Waals surface area (Å²) in [6.07, 6.45) is 5.39. The third kappa shape index (κ3) is 3.30. The van der Waals surface area contributed by atoms with Crippen LogP contribution in [0.2, 0.25) is 0 Å². The van der Waals surface area contributed by atoms with Gasteiger partial charge in [0, 0.05) is 13.0 Å². The molecule has 0 aromatic rings. The zero-order valence-electron chi connectivity index (χ0n) is 12.0.